The second kappa shape index (κ2) is 6.56. The predicted molar refractivity (Wildman–Crippen MR) is 88.5 cm³/mol. The molecule has 0 radical (unpaired) electrons. The first-order valence-electron chi connectivity index (χ1n) is 7.77. The normalized spacial score (nSPS) is 10.8. The van der Waals surface area contributed by atoms with Gasteiger partial charge >= 0.3 is 0 Å². The minimum absolute atomic E-state index is 0.572. The van der Waals surface area contributed by atoms with Crippen LogP contribution in [-0.4, -0.2) is 10.1 Å². The first kappa shape index (κ1) is 14.5. The summed E-state index contributed by atoms with van der Waals surface area (Å²) in [6, 6.07) is 16.5. The Labute approximate surface area is 131 Å². The molecule has 0 aliphatic heterocycles. The van der Waals surface area contributed by atoms with Gasteiger partial charge in [-0.2, -0.15) is 4.98 Å². The Morgan fingerprint density at radius 1 is 1.00 bits per heavy atom. The molecular weight excluding hydrogens is 272 g/mol. The fourth-order valence-electron chi connectivity index (χ4n) is 2.46. The molecular formula is C19H20N2O. The van der Waals surface area contributed by atoms with Crippen LogP contribution in [0.3, 0.4) is 0 Å². The number of rotatable bonds is 5. The van der Waals surface area contributed by atoms with E-state index in [1.807, 2.05) is 31.2 Å². The Kier molecular flexibility index (Phi) is 4.33. The summed E-state index contributed by atoms with van der Waals surface area (Å²) in [5, 5.41) is 4.11. The number of aromatic nitrogens is 2. The highest BCUT2D eigenvalue weighted by atomic mass is 16.5. The largest absolute Gasteiger partial charge is 0.334 e. The summed E-state index contributed by atoms with van der Waals surface area (Å²) in [5.41, 5.74) is 4.46. The second-order valence-electron chi connectivity index (χ2n) is 5.54. The fraction of sp³-hybridized carbons (Fsp3) is 0.263. The smallest absolute Gasteiger partial charge is 0.258 e. The quantitative estimate of drug-likeness (QED) is 0.660. The van der Waals surface area contributed by atoms with Gasteiger partial charge in [0, 0.05) is 11.1 Å². The van der Waals surface area contributed by atoms with E-state index in [-0.39, 0.29) is 0 Å². The van der Waals surface area contributed by atoms with E-state index in [1.54, 1.807) is 0 Å². The van der Waals surface area contributed by atoms with Crippen molar-refractivity contribution in [2.75, 3.05) is 0 Å². The number of benzene rings is 2. The average Bonchev–Trinajstić information content (AvgIpc) is 3.03. The number of aryl methyl sites for hydroxylation is 2. The van der Waals surface area contributed by atoms with Gasteiger partial charge in [0.05, 0.1) is 0 Å². The molecule has 112 valence electrons. The predicted octanol–water partition coefficient (Wildman–Crippen LogP) is 5.05. The molecule has 0 aliphatic carbocycles. The second-order valence-corrected chi connectivity index (χ2v) is 5.54. The average molecular weight is 292 g/mol. The van der Waals surface area contributed by atoms with Crippen molar-refractivity contribution in [2.24, 2.45) is 0 Å². The Morgan fingerprint density at radius 3 is 2.50 bits per heavy atom. The Balaban J connectivity index is 1.83. The highest BCUT2D eigenvalue weighted by Gasteiger charge is 2.12. The lowest BCUT2D eigenvalue weighted by molar-refractivity contribution is 0.432. The van der Waals surface area contributed by atoms with Crippen molar-refractivity contribution in [1.29, 1.82) is 0 Å². The van der Waals surface area contributed by atoms with Crippen molar-refractivity contribution in [2.45, 2.75) is 33.1 Å². The molecule has 0 N–H and O–H groups in total. The van der Waals surface area contributed by atoms with Crippen LogP contribution in [0.15, 0.2) is 53.1 Å². The molecule has 0 amide bonds. The molecule has 1 heterocycles. The molecule has 0 atom stereocenters. The van der Waals surface area contributed by atoms with Crippen LogP contribution in [0.5, 0.6) is 0 Å². The molecule has 1 aromatic heterocycles. The van der Waals surface area contributed by atoms with Crippen molar-refractivity contribution in [3.8, 4) is 22.8 Å². The topological polar surface area (TPSA) is 38.9 Å². The van der Waals surface area contributed by atoms with Crippen LogP contribution in [0.1, 0.15) is 30.9 Å². The van der Waals surface area contributed by atoms with Gasteiger partial charge in [-0.25, -0.2) is 0 Å². The van der Waals surface area contributed by atoms with Crippen LogP contribution in [-0.2, 0) is 6.42 Å². The number of unbranched alkanes of at least 4 members (excludes halogenated alkanes) is 1. The summed E-state index contributed by atoms with van der Waals surface area (Å²) in [7, 11) is 0. The van der Waals surface area contributed by atoms with E-state index in [4.69, 9.17) is 4.52 Å². The van der Waals surface area contributed by atoms with Crippen molar-refractivity contribution in [1.82, 2.24) is 10.1 Å². The van der Waals surface area contributed by atoms with Gasteiger partial charge < -0.3 is 4.52 Å². The highest BCUT2D eigenvalue weighted by Crippen LogP contribution is 2.24. The Bertz CT molecular complexity index is 744. The molecule has 0 saturated heterocycles. The third kappa shape index (κ3) is 3.08. The van der Waals surface area contributed by atoms with Gasteiger partial charge in [0.2, 0.25) is 5.82 Å². The molecule has 0 unspecified atom stereocenters. The monoisotopic (exact) mass is 292 g/mol. The van der Waals surface area contributed by atoms with E-state index in [2.05, 4.69) is 41.3 Å². The van der Waals surface area contributed by atoms with Crippen LogP contribution in [0, 0.1) is 6.92 Å². The van der Waals surface area contributed by atoms with E-state index in [1.165, 1.54) is 18.4 Å². The minimum Gasteiger partial charge on any atom is -0.334 e. The van der Waals surface area contributed by atoms with E-state index >= 15 is 0 Å². The molecule has 0 fully saturated rings. The van der Waals surface area contributed by atoms with E-state index in [9.17, 15) is 0 Å². The van der Waals surface area contributed by atoms with Crippen LogP contribution in [0.2, 0.25) is 0 Å². The summed E-state index contributed by atoms with van der Waals surface area (Å²) in [6.07, 6.45) is 3.56. The third-order valence-electron chi connectivity index (χ3n) is 3.83. The van der Waals surface area contributed by atoms with E-state index in [0.29, 0.717) is 11.7 Å². The van der Waals surface area contributed by atoms with Gasteiger partial charge in [-0.05, 0) is 37.0 Å². The summed E-state index contributed by atoms with van der Waals surface area (Å²) in [4.78, 5) is 4.53. The first-order chi connectivity index (χ1) is 10.8. The maximum atomic E-state index is 5.42. The molecule has 0 spiro atoms. The number of hydrogen-bond acceptors (Lipinski definition) is 3. The molecule has 2 aromatic carbocycles. The molecule has 0 aliphatic rings. The Morgan fingerprint density at radius 2 is 1.77 bits per heavy atom. The van der Waals surface area contributed by atoms with Gasteiger partial charge in [0.25, 0.3) is 5.89 Å². The van der Waals surface area contributed by atoms with Gasteiger partial charge in [0.15, 0.2) is 0 Å². The maximum Gasteiger partial charge on any atom is 0.258 e. The van der Waals surface area contributed by atoms with Gasteiger partial charge in [-0.1, -0.05) is 61.0 Å². The molecule has 3 nitrogen and oxygen atoms in total. The number of nitrogens with zero attached hydrogens (tertiary/aromatic N) is 2. The molecule has 3 aromatic rings. The molecule has 0 saturated carbocycles. The maximum absolute atomic E-state index is 5.42. The van der Waals surface area contributed by atoms with Crippen LogP contribution < -0.4 is 0 Å². The van der Waals surface area contributed by atoms with Crippen LogP contribution in [0.25, 0.3) is 22.8 Å². The SMILES string of the molecule is CCCCc1ccc(-c2noc(-c3ccccc3C)n2)cc1. The van der Waals surface area contributed by atoms with Crippen LogP contribution in [0.4, 0.5) is 0 Å². The van der Waals surface area contributed by atoms with E-state index < -0.39 is 0 Å². The lowest BCUT2D eigenvalue weighted by atomic mass is 10.1. The van der Waals surface area contributed by atoms with Gasteiger partial charge in [-0.15, -0.1) is 0 Å². The molecule has 3 rings (SSSR count). The summed E-state index contributed by atoms with van der Waals surface area (Å²) >= 11 is 0. The zero-order valence-corrected chi connectivity index (χ0v) is 13.0. The number of hydrogen-bond donors (Lipinski definition) is 0. The zero-order chi connectivity index (χ0) is 15.4. The van der Waals surface area contributed by atoms with Gasteiger partial charge in [-0.3, -0.25) is 0 Å². The van der Waals surface area contributed by atoms with Crippen molar-refractivity contribution < 1.29 is 4.52 Å². The highest BCUT2D eigenvalue weighted by molar-refractivity contribution is 5.62. The standard InChI is InChI=1S/C19H20N2O/c1-3-4-8-15-10-12-16(13-11-15)18-20-19(22-21-18)17-9-6-5-7-14(17)2/h5-7,9-13H,3-4,8H2,1-2H3. The van der Waals surface area contributed by atoms with Crippen molar-refractivity contribution in [3.63, 3.8) is 0 Å². The summed E-state index contributed by atoms with van der Waals surface area (Å²) < 4.78 is 5.42. The molecule has 22 heavy (non-hydrogen) atoms. The van der Waals surface area contributed by atoms with Crippen LogP contribution >= 0.6 is 0 Å². The summed E-state index contributed by atoms with van der Waals surface area (Å²) in [5.74, 6) is 1.21. The first-order valence-corrected chi connectivity index (χ1v) is 7.77. The van der Waals surface area contributed by atoms with Crippen molar-refractivity contribution >= 4 is 0 Å². The zero-order valence-electron chi connectivity index (χ0n) is 13.0. The van der Waals surface area contributed by atoms with Gasteiger partial charge in [0.1, 0.15) is 0 Å². The van der Waals surface area contributed by atoms with E-state index in [0.717, 1.165) is 23.1 Å². The molecule has 0 bridgehead atoms. The third-order valence-corrected chi connectivity index (χ3v) is 3.83. The molecule has 3 heteroatoms. The van der Waals surface area contributed by atoms with Crippen molar-refractivity contribution in [3.05, 3.63) is 59.7 Å². The summed E-state index contributed by atoms with van der Waals surface area (Å²) in [6.45, 7) is 4.25. The lowest BCUT2D eigenvalue weighted by Crippen LogP contribution is -1.86. The fourth-order valence-corrected chi connectivity index (χ4v) is 2.46. The minimum atomic E-state index is 0.572. The Hall–Kier alpha value is -2.42. The lowest BCUT2D eigenvalue weighted by Gasteiger charge is -2.00.